The lowest BCUT2D eigenvalue weighted by atomic mass is 10.0. The molecule has 0 aliphatic carbocycles. The van der Waals surface area contributed by atoms with Gasteiger partial charge in [0, 0.05) is 17.5 Å². The molecule has 2 heterocycles. The summed E-state index contributed by atoms with van der Waals surface area (Å²) in [4.78, 5) is 19.4. The van der Waals surface area contributed by atoms with Crippen LogP contribution >= 0.6 is 11.3 Å². The van der Waals surface area contributed by atoms with Gasteiger partial charge in [-0.2, -0.15) is 0 Å². The highest BCUT2D eigenvalue weighted by Crippen LogP contribution is 2.22. The summed E-state index contributed by atoms with van der Waals surface area (Å²) in [6, 6.07) is 17.8. The minimum absolute atomic E-state index is 0.119. The molecule has 1 fully saturated rings. The fraction of sp³-hybridized carbons (Fsp3) is 0.238. The Morgan fingerprint density at radius 2 is 1.69 bits per heavy atom. The number of anilines is 1. The summed E-state index contributed by atoms with van der Waals surface area (Å²) in [6.45, 7) is 3.16. The van der Waals surface area contributed by atoms with Crippen molar-refractivity contribution in [2.45, 2.75) is 19.4 Å². The van der Waals surface area contributed by atoms with Crippen molar-refractivity contribution >= 4 is 22.4 Å². The first-order chi connectivity index (χ1) is 12.8. The van der Waals surface area contributed by atoms with Crippen molar-refractivity contribution in [1.82, 2.24) is 9.88 Å². The fourth-order valence-electron chi connectivity index (χ4n) is 3.22. The monoisotopic (exact) mass is 363 g/mol. The maximum Gasteiger partial charge on any atom is 0.257 e. The highest BCUT2D eigenvalue weighted by molar-refractivity contribution is 7.13. The van der Waals surface area contributed by atoms with Crippen LogP contribution in [0.25, 0.3) is 11.1 Å². The Morgan fingerprint density at radius 3 is 2.42 bits per heavy atom. The third-order valence-electron chi connectivity index (χ3n) is 4.61. The van der Waals surface area contributed by atoms with Gasteiger partial charge in [-0.15, -0.1) is 11.3 Å². The molecule has 1 saturated heterocycles. The number of nitrogens with zero attached hydrogens (tertiary/aromatic N) is 2. The number of aromatic nitrogens is 1. The smallest absolute Gasteiger partial charge is 0.257 e. The van der Waals surface area contributed by atoms with Gasteiger partial charge < -0.3 is 0 Å². The van der Waals surface area contributed by atoms with Crippen molar-refractivity contribution in [2.75, 3.05) is 18.4 Å². The highest BCUT2D eigenvalue weighted by atomic mass is 32.1. The Bertz CT molecular complexity index is 868. The molecule has 1 aromatic heterocycles. The summed E-state index contributed by atoms with van der Waals surface area (Å²) in [5.41, 5.74) is 3.92. The van der Waals surface area contributed by atoms with Crippen LogP contribution in [0.1, 0.15) is 28.9 Å². The average molecular weight is 363 g/mol. The second-order valence-electron chi connectivity index (χ2n) is 6.52. The quantitative estimate of drug-likeness (QED) is 0.717. The van der Waals surface area contributed by atoms with Crippen molar-refractivity contribution in [3.8, 4) is 11.1 Å². The Hall–Kier alpha value is -2.50. The molecule has 0 spiro atoms. The molecule has 26 heavy (non-hydrogen) atoms. The van der Waals surface area contributed by atoms with Gasteiger partial charge in [-0.05, 0) is 49.2 Å². The van der Waals surface area contributed by atoms with Crippen LogP contribution in [0.4, 0.5) is 5.13 Å². The van der Waals surface area contributed by atoms with Crippen LogP contribution in [0.2, 0.25) is 0 Å². The number of hydrogen-bond acceptors (Lipinski definition) is 4. The second kappa shape index (κ2) is 7.81. The summed E-state index contributed by atoms with van der Waals surface area (Å²) in [5.74, 6) is -0.119. The van der Waals surface area contributed by atoms with Crippen LogP contribution < -0.4 is 5.32 Å². The Balaban J connectivity index is 1.39. The van der Waals surface area contributed by atoms with E-state index in [1.807, 2.05) is 47.8 Å². The maximum atomic E-state index is 12.5. The molecule has 1 aliphatic rings. The number of carbonyl (C=O) groups excluding carboxylic acids is 1. The molecule has 132 valence electrons. The Morgan fingerprint density at radius 1 is 1.00 bits per heavy atom. The van der Waals surface area contributed by atoms with Crippen LogP contribution in [-0.4, -0.2) is 28.9 Å². The molecule has 1 aliphatic heterocycles. The number of amides is 1. The lowest BCUT2D eigenvalue weighted by molar-refractivity contribution is 0.102. The zero-order valence-electron chi connectivity index (χ0n) is 14.5. The first-order valence-electron chi connectivity index (χ1n) is 8.91. The topological polar surface area (TPSA) is 45.2 Å². The average Bonchev–Trinajstić information content (AvgIpc) is 3.35. The largest absolute Gasteiger partial charge is 0.298 e. The van der Waals surface area contributed by atoms with E-state index in [4.69, 9.17) is 0 Å². The highest BCUT2D eigenvalue weighted by Gasteiger charge is 2.14. The molecule has 1 N–H and O–H groups in total. The minimum Gasteiger partial charge on any atom is -0.298 e. The number of thiazole rings is 1. The molecule has 0 atom stereocenters. The van der Waals surface area contributed by atoms with Gasteiger partial charge in [-0.1, -0.05) is 42.5 Å². The number of carbonyl (C=O) groups is 1. The van der Waals surface area contributed by atoms with Gasteiger partial charge in [0.1, 0.15) is 0 Å². The maximum absolute atomic E-state index is 12.5. The van der Waals surface area contributed by atoms with Crippen molar-refractivity contribution in [2.24, 2.45) is 0 Å². The lowest BCUT2D eigenvalue weighted by Crippen LogP contribution is -2.18. The van der Waals surface area contributed by atoms with Crippen molar-refractivity contribution in [3.05, 3.63) is 71.2 Å². The molecule has 0 unspecified atom stereocenters. The van der Waals surface area contributed by atoms with Crippen molar-refractivity contribution in [3.63, 3.8) is 0 Å². The molecule has 0 bridgehead atoms. The van der Waals surface area contributed by atoms with E-state index in [1.54, 1.807) is 0 Å². The van der Waals surface area contributed by atoms with E-state index in [2.05, 4.69) is 27.3 Å². The Kier molecular flexibility index (Phi) is 5.09. The number of rotatable bonds is 5. The van der Waals surface area contributed by atoms with E-state index < -0.39 is 0 Å². The first kappa shape index (κ1) is 16.9. The van der Waals surface area contributed by atoms with E-state index in [0.29, 0.717) is 10.7 Å². The summed E-state index contributed by atoms with van der Waals surface area (Å²) in [5, 5.41) is 5.61. The molecular weight excluding hydrogens is 342 g/mol. The number of benzene rings is 2. The van der Waals surface area contributed by atoms with Crippen LogP contribution in [0, 0.1) is 0 Å². The van der Waals surface area contributed by atoms with Crippen molar-refractivity contribution < 1.29 is 4.79 Å². The summed E-state index contributed by atoms with van der Waals surface area (Å²) < 4.78 is 0. The molecule has 3 aromatic rings. The fourth-order valence-corrected chi connectivity index (χ4v) is 3.92. The van der Waals surface area contributed by atoms with Gasteiger partial charge in [0.2, 0.25) is 0 Å². The molecule has 4 nitrogen and oxygen atoms in total. The lowest BCUT2D eigenvalue weighted by Gasteiger charge is -2.11. The molecular formula is C21H21N3OS. The Labute approximate surface area is 157 Å². The van der Waals surface area contributed by atoms with E-state index in [0.717, 1.165) is 36.5 Å². The first-order valence-corrected chi connectivity index (χ1v) is 9.79. The standard InChI is InChI=1S/C21H21N3OS/c25-20(18-10-8-17(9-11-18)16-6-2-1-3-7-16)23-21-22-19(15-26-21)14-24-12-4-5-13-24/h1-3,6-11,15H,4-5,12-14H2,(H,22,23,25). The predicted octanol–water partition coefficient (Wildman–Crippen LogP) is 4.66. The predicted molar refractivity (Wildman–Crippen MR) is 106 cm³/mol. The van der Waals surface area contributed by atoms with Crippen LogP contribution in [0.15, 0.2) is 60.0 Å². The van der Waals surface area contributed by atoms with E-state index in [-0.39, 0.29) is 5.91 Å². The molecule has 5 heteroatoms. The van der Waals surface area contributed by atoms with E-state index in [9.17, 15) is 4.79 Å². The number of hydrogen-bond donors (Lipinski definition) is 1. The van der Waals surface area contributed by atoms with Gasteiger partial charge in [0.25, 0.3) is 5.91 Å². The second-order valence-corrected chi connectivity index (χ2v) is 7.38. The van der Waals surface area contributed by atoms with Gasteiger partial charge >= 0.3 is 0 Å². The molecule has 2 aromatic carbocycles. The third kappa shape index (κ3) is 4.00. The van der Waals surface area contributed by atoms with Gasteiger partial charge in [-0.3, -0.25) is 15.0 Å². The van der Waals surface area contributed by atoms with Crippen LogP contribution in [-0.2, 0) is 6.54 Å². The number of nitrogens with one attached hydrogen (secondary N) is 1. The van der Waals surface area contributed by atoms with Gasteiger partial charge in [0.15, 0.2) is 5.13 Å². The summed E-state index contributed by atoms with van der Waals surface area (Å²) in [7, 11) is 0. The van der Waals surface area contributed by atoms with Gasteiger partial charge in [-0.25, -0.2) is 4.98 Å². The van der Waals surface area contributed by atoms with Crippen LogP contribution in [0.3, 0.4) is 0 Å². The van der Waals surface area contributed by atoms with Gasteiger partial charge in [0.05, 0.1) is 5.69 Å². The normalized spacial score (nSPS) is 14.5. The molecule has 0 saturated carbocycles. The van der Waals surface area contributed by atoms with Crippen molar-refractivity contribution in [1.29, 1.82) is 0 Å². The molecule has 1 amide bonds. The molecule has 0 radical (unpaired) electrons. The zero-order chi connectivity index (χ0) is 17.8. The number of likely N-dealkylation sites (tertiary alicyclic amines) is 1. The summed E-state index contributed by atoms with van der Waals surface area (Å²) >= 11 is 1.49. The minimum atomic E-state index is -0.119. The van der Waals surface area contributed by atoms with E-state index in [1.165, 1.54) is 24.2 Å². The SMILES string of the molecule is O=C(Nc1nc(CN2CCCC2)cs1)c1ccc(-c2ccccc2)cc1. The van der Waals surface area contributed by atoms with Crippen LogP contribution in [0.5, 0.6) is 0 Å². The third-order valence-corrected chi connectivity index (χ3v) is 5.42. The summed E-state index contributed by atoms with van der Waals surface area (Å²) in [6.07, 6.45) is 2.54. The zero-order valence-corrected chi connectivity index (χ0v) is 15.3. The molecule has 4 rings (SSSR count). The van der Waals surface area contributed by atoms with E-state index >= 15 is 0 Å².